The molecule has 0 bridgehead atoms. The van der Waals surface area contributed by atoms with Gasteiger partial charge in [0, 0.05) is 45.7 Å². The molecule has 0 N–H and O–H groups in total. The van der Waals surface area contributed by atoms with Gasteiger partial charge in [0.25, 0.3) is 0 Å². The lowest BCUT2D eigenvalue weighted by Gasteiger charge is -2.35. The van der Waals surface area contributed by atoms with E-state index >= 15 is 0 Å². The smallest absolute Gasteiger partial charge is 0.223 e. The molecule has 0 aliphatic carbocycles. The van der Waals surface area contributed by atoms with E-state index in [1.54, 1.807) is 7.11 Å². The summed E-state index contributed by atoms with van der Waals surface area (Å²) in [6.45, 7) is 9.08. The Labute approximate surface area is 173 Å². The van der Waals surface area contributed by atoms with Crippen LogP contribution in [0.5, 0.6) is 5.75 Å². The molecule has 7 heteroatoms. The molecule has 0 saturated carbocycles. The number of aryl methyl sites for hydroxylation is 1. The molecule has 1 aromatic heterocycles. The number of carbonyl (C=O) groups excluding carboxylic acids is 1. The third kappa shape index (κ3) is 5.37. The van der Waals surface area contributed by atoms with Gasteiger partial charge < -0.3 is 19.4 Å². The molecule has 1 aliphatic rings. The summed E-state index contributed by atoms with van der Waals surface area (Å²) in [5, 5.41) is 8.77. The van der Waals surface area contributed by atoms with Crippen LogP contribution in [0, 0.1) is 0 Å². The third-order valence-corrected chi connectivity index (χ3v) is 5.47. The zero-order chi connectivity index (χ0) is 20.6. The predicted molar refractivity (Wildman–Crippen MR) is 116 cm³/mol. The molecule has 1 amide bonds. The monoisotopic (exact) mass is 397 g/mol. The van der Waals surface area contributed by atoms with Gasteiger partial charge in [0.1, 0.15) is 5.75 Å². The number of hydrogen-bond donors (Lipinski definition) is 0. The maximum absolute atomic E-state index is 12.6. The molecule has 0 atom stereocenters. The second-order valence-corrected chi connectivity index (χ2v) is 7.14. The van der Waals surface area contributed by atoms with Gasteiger partial charge in [0.15, 0.2) is 11.6 Å². The Morgan fingerprint density at radius 1 is 1.00 bits per heavy atom. The molecule has 1 saturated heterocycles. The van der Waals surface area contributed by atoms with Crippen molar-refractivity contribution < 1.29 is 9.53 Å². The number of nitrogens with zero attached hydrogens (tertiary/aromatic N) is 5. The van der Waals surface area contributed by atoms with E-state index in [1.807, 2.05) is 41.3 Å². The summed E-state index contributed by atoms with van der Waals surface area (Å²) >= 11 is 0. The highest BCUT2D eigenvalue weighted by Crippen LogP contribution is 2.17. The van der Waals surface area contributed by atoms with E-state index in [4.69, 9.17) is 4.74 Å². The normalized spacial score (nSPS) is 14.0. The van der Waals surface area contributed by atoms with Crippen LogP contribution in [0.15, 0.2) is 36.4 Å². The van der Waals surface area contributed by atoms with Gasteiger partial charge >= 0.3 is 0 Å². The number of amides is 1. The van der Waals surface area contributed by atoms with Crippen LogP contribution in [0.3, 0.4) is 0 Å². The van der Waals surface area contributed by atoms with E-state index in [9.17, 15) is 4.79 Å². The average Bonchev–Trinajstić information content (AvgIpc) is 2.79. The molecule has 1 fully saturated rings. The molecule has 29 heavy (non-hydrogen) atoms. The van der Waals surface area contributed by atoms with E-state index in [1.165, 1.54) is 0 Å². The Bertz CT molecular complexity index is 767. The Morgan fingerprint density at radius 3 is 2.24 bits per heavy atom. The first-order valence-electron chi connectivity index (χ1n) is 10.4. The molecule has 0 radical (unpaired) electrons. The molecular formula is C22H31N5O2. The largest absolute Gasteiger partial charge is 0.497 e. The van der Waals surface area contributed by atoms with E-state index in [-0.39, 0.29) is 5.91 Å². The third-order valence-electron chi connectivity index (χ3n) is 5.47. The molecule has 1 aliphatic heterocycles. The minimum atomic E-state index is 0.212. The lowest BCUT2D eigenvalue weighted by Crippen LogP contribution is -2.49. The van der Waals surface area contributed by atoms with E-state index < -0.39 is 0 Å². The van der Waals surface area contributed by atoms with Gasteiger partial charge in [-0.2, -0.15) is 0 Å². The fourth-order valence-electron chi connectivity index (χ4n) is 3.59. The maximum atomic E-state index is 12.6. The Kier molecular flexibility index (Phi) is 7.27. The molecule has 156 valence electrons. The average molecular weight is 398 g/mol. The first-order chi connectivity index (χ1) is 14.1. The lowest BCUT2D eigenvalue weighted by molar-refractivity contribution is -0.131. The fourth-order valence-corrected chi connectivity index (χ4v) is 3.59. The second kappa shape index (κ2) is 10.1. The van der Waals surface area contributed by atoms with Crippen LogP contribution in [0.2, 0.25) is 0 Å². The SMILES string of the molecule is CCN(CC)c1ccc(N2CCN(C(=O)CCc3ccc(OC)cc3)CC2)nn1. The van der Waals surface area contributed by atoms with Gasteiger partial charge in [0.2, 0.25) is 5.91 Å². The molecular weight excluding hydrogens is 366 g/mol. The number of piperazine rings is 1. The van der Waals surface area contributed by atoms with Crippen LogP contribution >= 0.6 is 0 Å². The number of hydrogen-bond acceptors (Lipinski definition) is 6. The first-order valence-corrected chi connectivity index (χ1v) is 10.4. The van der Waals surface area contributed by atoms with E-state index in [0.717, 1.165) is 68.6 Å². The summed E-state index contributed by atoms with van der Waals surface area (Å²) in [6.07, 6.45) is 1.28. The van der Waals surface area contributed by atoms with Crippen LogP contribution in [0.25, 0.3) is 0 Å². The number of aromatic nitrogens is 2. The van der Waals surface area contributed by atoms with Gasteiger partial charge in [-0.3, -0.25) is 4.79 Å². The Morgan fingerprint density at radius 2 is 1.69 bits per heavy atom. The number of methoxy groups -OCH3 is 1. The number of rotatable bonds is 8. The minimum Gasteiger partial charge on any atom is -0.497 e. The second-order valence-electron chi connectivity index (χ2n) is 7.14. The van der Waals surface area contributed by atoms with Gasteiger partial charge in [-0.15, -0.1) is 10.2 Å². The van der Waals surface area contributed by atoms with Crippen molar-refractivity contribution in [1.82, 2.24) is 15.1 Å². The zero-order valence-electron chi connectivity index (χ0n) is 17.7. The quantitative estimate of drug-likeness (QED) is 0.682. The summed E-state index contributed by atoms with van der Waals surface area (Å²) in [5.41, 5.74) is 1.15. The summed E-state index contributed by atoms with van der Waals surface area (Å²) in [4.78, 5) is 18.9. The van der Waals surface area contributed by atoms with Crippen molar-refractivity contribution in [3.05, 3.63) is 42.0 Å². The fraction of sp³-hybridized carbons (Fsp3) is 0.500. The van der Waals surface area contributed by atoms with Crippen LogP contribution in [0.1, 0.15) is 25.8 Å². The number of benzene rings is 1. The molecule has 2 aromatic rings. The standard InChI is InChI=1S/C22H31N5O2/c1-4-25(5-2)20-11-12-21(24-23-20)26-14-16-27(17-15-26)22(28)13-8-18-6-9-19(29-3)10-7-18/h6-7,9-12H,4-5,8,13-17H2,1-3H3. The molecule has 1 aromatic carbocycles. The van der Waals surface area contributed by atoms with Crippen molar-refractivity contribution in [3.8, 4) is 5.75 Å². The summed E-state index contributed by atoms with van der Waals surface area (Å²) in [5.74, 6) is 2.84. The van der Waals surface area contributed by atoms with Crippen LogP contribution < -0.4 is 14.5 Å². The van der Waals surface area contributed by atoms with E-state index in [2.05, 4.69) is 33.8 Å². The van der Waals surface area contributed by atoms with Crippen LogP contribution in [-0.2, 0) is 11.2 Å². The van der Waals surface area contributed by atoms with Gasteiger partial charge in [-0.05, 0) is 50.1 Å². The maximum Gasteiger partial charge on any atom is 0.223 e. The minimum absolute atomic E-state index is 0.212. The topological polar surface area (TPSA) is 61.8 Å². The van der Waals surface area contributed by atoms with Gasteiger partial charge in [0.05, 0.1) is 7.11 Å². The molecule has 7 nitrogen and oxygen atoms in total. The van der Waals surface area contributed by atoms with Crippen LogP contribution in [0.4, 0.5) is 11.6 Å². The number of ether oxygens (including phenoxy) is 1. The highest BCUT2D eigenvalue weighted by atomic mass is 16.5. The Hall–Kier alpha value is -2.83. The van der Waals surface area contributed by atoms with E-state index in [0.29, 0.717) is 6.42 Å². The van der Waals surface area contributed by atoms with Crippen molar-refractivity contribution >= 4 is 17.5 Å². The summed E-state index contributed by atoms with van der Waals surface area (Å²) < 4.78 is 5.17. The molecule has 0 unspecified atom stereocenters. The highest BCUT2D eigenvalue weighted by Gasteiger charge is 2.22. The first kappa shape index (κ1) is 20.9. The van der Waals surface area contributed by atoms with Crippen LogP contribution in [-0.4, -0.2) is 67.4 Å². The van der Waals surface area contributed by atoms with Gasteiger partial charge in [-0.1, -0.05) is 12.1 Å². The Balaban J connectivity index is 1.47. The lowest BCUT2D eigenvalue weighted by atomic mass is 10.1. The van der Waals surface area contributed by atoms with Gasteiger partial charge in [-0.25, -0.2) is 0 Å². The molecule has 3 rings (SSSR count). The highest BCUT2D eigenvalue weighted by molar-refractivity contribution is 5.76. The van der Waals surface area contributed by atoms with Crippen molar-refractivity contribution in [2.75, 3.05) is 56.2 Å². The molecule has 0 spiro atoms. The van der Waals surface area contributed by atoms with Crippen molar-refractivity contribution in [2.45, 2.75) is 26.7 Å². The zero-order valence-corrected chi connectivity index (χ0v) is 17.7. The van der Waals surface area contributed by atoms with Crippen molar-refractivity contribution in [1.29, 1.82) is 0 Å². The van der Waals surface area contributed by atoms with Crippen molar-refractivity contribution in [2.24, 2.45) is 0 Å². The summed E-state index contributed by atoms with van der Waals surface area (Å²) in [6, 6.07) is 12.0. The predicted octanol–water partition coefficient (Wildman–Crippen LogP) is 2.61. The number of carbonyl (C=O) groups is 1. The van der Waals surface area contributed by atoms with Crippen molar-refractivity contribution in [3.63, 3.8) is 0 Å². The summed E-state index contributed by atoms with van der Waals surface area (Å²) in [7, 11) is 1.66. The molecule has 2 heterocycles. The number of anilines is 2.